The summed E-state index contributed by atoms with van der Waals surface area (Å²) < 4.78 is 2.85. The van der Waals surface area contributed by atoms with E-state index < -0.39 is 6.09 Å². The van der Waals surface area contributed by atoms with Crippen LogP contribution >= 0.6 is 15.9 Å². The van der Waals surface area contributed by atoms with Crippen LogP contribution in [0.4, 0.5) is 4.79 Å². The fourth-order valence-electron chi connectivity index (χ4n) is 3.02. The van der Waals surface area contributed by atoms with Gasteiger partial charge in [-0.2, -0.15) is 0 Å². The van der Waals surface area contributed by atoms with Crippen molar-refractivity contribution in [3.05, 3.63) is 76.0 Å². The lowest BCUT2D eigenvalue weighted by molar-refractivity contribution is 0.193. The largest absolute Gasteiger partial charge is 0.465 e. The van der Waals surface area contributed by atoms with Crippen molar-refractivity contribution in [3.63, 3.8) is 0 Å². The molecule has 0 saturated heterocycles. The number of carboxylic acid groups (broad SMARTS) is 1. The van der Waals surface area contributed by atoms with Gasteiger partial charge in [-0.3, -0.25) is 9.55 Å². The number of benzene rings is 1. The molecule has 130 valence electrons. The van der Waals surface area contributed by atoms with Gasteiger partial charge >= 0.3 is 6.09 Å². The second-order valence-electron chi connectivity index (χ2n) is 5.72. The molecule has 2 N–H and O–H groups in total. The molecule has 1 aliphatic rings. The zero-order valence-electron chi connectivity index (χ0n) is 13.6. The third kappa shape index (κ3) is 2.99. The summed E-state index contributed by atoms with van der Waals surface area (Å²) in [5, 5.41) is 19.7. The normalized spacial score (nSPS) is 12.6. The van der Waals surface area contributed by atoms with Crippen LogP contribution in [0, 0.1) is 0 Å². The molecule has 0 atom stereocenters. The minimum atomic E-state index is -1.10. The summed E-state index contributed by atoms with van der Waals surface area (Å²) in [4.78, 5) is 15.3. The summed E-state index contributed by atoms with van der Waals surface area (Å²) in [7, 11) is 0. The monoisotopic (exact) mass is 411 g/mol. The number of hydrogen-bond acceptors (Lipinski definition) is 4. The molecule has 1 aromatic carbocycles. The van der Waals surface area contributed by atoms with Crippen LogP contribution in [0.5, 0.6) is 0 Å². The van der Waals surface area contributed by atoms with E-state index in [0.29, 0.717) is 12.2 Å². The Kier molecular flexibility index (Phi) is 4.26. The lowest BCUT2D eigenvalue weighted by atomic mass is 10.00. The van der Waals surface area contributed by atoms with Gasteiger partial charge in [-0.05, 0) is 30.3 Å². The topological polar surface area (TPSA) is 92.9 Å². The lowest BCUT2D eigenvalue weighted by Gasteiger charge is -2.14. The number of rotatable bonds is 3. The van der Waals surface area contributed by atoms with Gasteiger partial charge < -0.3 is 10.4 Å². The standard InChI is InChI=1S/C18H14BrN5O2/c19-11-4-6-15-13(9-11)12(14-3-1-2-8-20-14)5-7-16-22-23-17(24(15)16)10-21-18(25)26/h1-6,8-9,21H,7,10H2,(H,25,26). The molecule has 3 aromatic rings. The minimum Gasteiger partial charge on any atom is -0.465 e. The average molecular weight is 412 g/mol. The molecule has 3 heterocycles. The number of hydrogen-bond donors (Lipinski definition) is 2. The predicted molar refractivity (Wildman–Crippen MR) is 98.9 cm³/mol. The maximum absolute atomic E-state index is 10.9. The number of nitrogens with one attached hydrogen (secondary N) is 1. The molecule has 1 aliphatic heterocycles. The van der Waals surface area contributed by atoms with Gasteiger partial charge in [0, 0.05) is 28.2 Å². The van der Waals surface area contributed by atoms with Crippen LogP contribution < -0.4 is 5.32 Å². The summed E-state index contributed by atoms with van der Waals surface area (Å²) in [6.45, 7) is 0.0801. The van der Waals surface area contributed by atoms with Crippen LogP contribution in [0.25, 0.3) is 11.3 Å². The molecule has 0 bridgehead atoms. The van der Waals surface area contributed by atoms with E-state index in [-0.39, 0.29) is 6.54 Å². The number of pyridine rings is 1. The molecule has 0 saturated carbocycles. The number of nitrogens with zero attached hydrogens (tertiary/aromatic N) is 4. The Hall–Kier alpha value is -3.00. The Labute approximate surface area is 157 Å². The van der Waals surface area contributed by atoms with E-state index in [1.165, 1.54) is 0 Å². The molecule has 0 fully saturated rings. The maximum Gasteiger partial charge on any atom is 0.405 e. The summed E-state index contributed by atoms with van der Waals surface area (Å²) in [6.07, 6.45) is 3.31. The molecule has 1 amide bonds. The first-order valence-electron chi connectivity index (χ1n) is 7.95. The van der Waals surface area contributed by atoms with E-state index in [1.54, 1.807) is 6.20 Å². The molecule has 0 aliphatic carbocycles. The second-order valence-corrected chi connectivity index (χ2v) is 6.64. The smallest absolute Gasteiger partial charge is 0.405 e. The van der Waals surface area contributed by atoms with Gasteiger partial charge in [-0.15, -0.1) is 10.2 Å². The average Bonchev–Trinajstić information content (AvgIpc) is 2.97. The Morgan fingerprint density at radius 2 is 2.15 bits per heavy atom. The molecule has 4 rings (SSSR count). The van der Waals surface area contributed by atoms with Crippen molar-refractivity contribution in [2.24, 2.45) is 0 Å². The highest BCUT2D eigenvalue weighted by molar-refractivity contribution is 9.10. The molecular weight excluding hydrogens is 398 g/mol. The summed E-state index contributed by atoms with van der Waals surface area (Å²) in [6, 6.07) is 11.7. The number of aromatic nitrogens is 4. The van der Waals surface area contributed by atoms with Crippen molar-refractivity contribution in [2.75, 3.05) is 0 Å². The zero-order chi connectivity index (χ0) is 18.1. The van der Waals surface area contributed by atoms with E-state index in [0.717, 1.165) is 32.8 Å². The lowest BCUT2D eigenvalue weighted by Crippen LogP contribution is -2.22. The van der Waals surface area contributed by atoms with Crippen LogP contribution in [0.3, 0.4) is 0 Å². The number of carbonyl (C=O) groups is 1. The van der Waals surface area contributed by atoms with E-state index in [9.17, 15) is 4.79 Å². The van der Waals surface area contributed by atoms with Crippen molar-refractivity contribution < 1.29 is 9.90 Å². The van der Waals surface area contributed by atoms with E-state index in [2.05, 4.69) is 42.5 Å². The van der Waals surface area contributed by atoms with E-state index >= 15 is 0 Å². The van der Waals surface area contributed by atoms with Crippen molar-refractivity contribution >= 4 is 27.6 Å². The maximum atomic E-state index is 10.9. The second kappa shape index (κ2) is 6.72. The molecule has 2 aromatic heterocycles. The van der Waals surface area contributed by atoms with Gasteiger partial charge in [0.05, 0.1) is 17.9 Å². The Balaban J connectivity index is 1.88. The highest BCUT2D eigenvalue weighted by atomic mass is 79.9. The molecule has 26 heavy (non-hydrogen) atoms. The molecule has 7 nitrogen and oxygen atoms in total. The quantitative estimate of drug-likeness (QED) is 0.690. The third-order valence-corrected chi connectivity index (χ3v) is 4.61. The highest BCUT2D eigenvalue weighted by Gasteiger charge is 2.22. The van der Waals surface area contributed by atoms with Crippen LogP contribution in [0.1, 0.15) is 22.9 Å². The van der Waals surface area contributed by atoms with Gasteiger partial charge in [-0.25, -0.2) is 4.79 Å². The highest BCUT2D eigenvalue weighted by Crippen LogP contribution is 2.34. The first-order chi connectivity index (χ1) is 12.6. The van der Waals surface area contributed by atoms with Crippen LogP contribution in [0.15, 0.2) is 53.1 Å². The number of amides is 1. The van der Waals surface area contributed by atoms with Crippen molar-refractivity contribution in [1.82, 2.24) is 25.1 Å². The van der Waals surface area contributed by atoms with Crippen LogP contribution in [-0.2, 0) is 13.0 Å². The van der Waals surface area contributed by atoms with Gasteiger partial charge in [0.15, 0.2) is 5.82 Å². The Morgan fingerprint density at radius 1 is 1.27 bits per heavy atom. The van der Waals surface area contributed by atoms with E-state index in [4.69, 9.17) is 5.11 Å². The molecule has 0 unspecified atom stereocenters. The van der Waals surface area contributed by atoms with Gasteiger partial charge in [0.1, 0.15) is 5.82 Å². The van der Waals surface area contributed by atoms with Crippen LogP contribution in [0.2, 0.25) is 0 Å². The zero-order valence-corrected chi connectivity index (χ0v) is 15.1. The Morgan fingerprint density at radius 3 is 2.92 bits per heavy atom. The molecule has 8 heteroatoms. The van der Waals surface area contributed by atoms with Gasteiger partial charge in [-0.1, -0.05) is 28.1 Å². The van der Waals surface area contributed by atoms with E-state index in [1.807, 2.05) is 41.0 Å². The first-order valence-corrected chi connectivity index (χ1v) is 8.74. The fraction of sp³-hybridized carbons (Fsp3) is 0.111. The van der Waals surface area contributed by atoms with Crippen molar-refractivity contribution in [2.45, 2.75) is 13.0 Å². The number of fused-ring (bicyclic) bond motifs is 3. The summed E-state index contributed by atoms with van der Waals surface area (Å²) in [5.74, 6) is 1.29. The number of allylic oxidation sites excluding steroid dienone is 1. The van der Waals surface area contributed by atoms with Crippen molar-refractivity contribution in [1.29, 1.82) is 0 Å². The summed E-state index contributed by atoms with van der Waals surface area (Å²) >= 11 is 3.54. The van der Waals surface area contributed by atoms with Crippen LogP contribution in [-0.4, -0.2) is 30.9 Å². The summed E-state index contributed by atoms with van der Waals surface area (Å²) in [5.41, 5.74) is 3.75. The molecule has 0 radical (unpaired) electrons. The SMILES string of the molecule is O=C(O)NCc1nnc2n1-c1ccc(Br)cc1C(c1ccccn1)=CC2. The molecule has 0 spiro atoms. The number of halogens is 1. The fourth-order valence-corrected chi connectivity index (χ4v) is 3.38. The van der Waals surface area contributed by atoms with Crippen molar-refractivity contribution in [3.8, 4) is 5.69 Å². The Bertz CT molecular complexity index is 1010. The van der Waals surface area contributed by atoms with Gasteiger partial charge in [0.25, 0.3) is 0 Å². The first kappa shape index (κ1) is 16.5. The predicted octanol–water partition coefficient (Wildman–Crippen LogP) is 3.18. The third-order valence-electron chi connectivity index (χ3n) is 4.11. The minimum absolute atomic E-state index is 0.0801. The van der Waals surface area contributed by atoms with Gasteiger partial charge in [0.2, 0.25) is 0 Å². The molecular formula is C18H14BrN5O2.